The summed E-state index contributed by atoms with van der Waals surface area (Å²) >= 11 is 0. The van der Waals surface area contributed by atoms with E-state index in [1.165, 1.54) is 87.2 Å². The molecule has 12 rings (SSSR count). The lowest BCUT2D eigenvalue weighted by molar-refractivity contribution is 0.591. The van der Waals surface area contributed by atoms with Crippen LogP contribution in [-0.2, 0) is 16.2 Å². The van der Waals surface area contributed by atoms with Crippen LogP contribution in [0, 0.1) is 0 Å². The third kappa shape index (κ3) is 5.02. The molecule has 0 radical (unpaired) electrons. The first-order valence-electron chi connectivity index (χ1n) is 21.8. The van der Waals surface area contributed by atoms with E-state index in [0.717, 1.165) is 33.7 Å². The van der Waals surface area contributed by atoms with Gasteiger partial charge in [0.25, 0.3) is 0 Å². The summed E-state index contributed by atoms with van der Waals surface area (Å²) in [5.74, 6) is 0. The summed E-state index contributed by atoms with van der Waals surface area (Å²) in [5, 5.41) is 11.3. The highest BCUT2D eigenvalue weighted by Gasteiger charge is 2.30. The maximum absolute atomic E-state index is 5.95. The fourth-order valence-corrected chi connectivity index (χ4v) is 10.3. The van der Waals surface area contributed by atoms with Crippen LogP contribution in [-0.4, -0.2) is 13.8 Å². The molecule has 5 aromatic heterocycles. The number of fused-ring (bicyclic) bond motifs is 14. The van der Waals surface area contributed by atoms with Crippen molar-refractivity contribution in [2.24, 2.45) is 0 Å². The molecule has 0 aliphatic carbocycles. The number of benzene rings is 7. The van der Waals surface area contributed by atoms with Crippen molar-refractivity contribution in [3.63, 3.8) is 0 Å². The fraction of sp³-hybridized carbons (Fsp3) is 0.211. The van der Waals surface area contributed by atoms with Crippen molar-refractivity contribution in [1.82, 2.24) is 13.8 Å². The second kappa shape index (κ2) is 12.0. The van der Waals surface area contributed by atoms with Crippen molar-refractivity contribution in [2.45, 2.75) is 78.6 Å². The van der Waals surface area contributed by atoms with Crippen LogP contribution in [0.4, 0.5) is 17.1 Å². The standard InChI is InChI=1S/C57H50N4/c1-55(2,3)34-24-25-46-40(27-34)41-26-33-18-16-17-23-39(33)49-50-47(60(46)53(41)49)32-45-44-29-35(56(4,5)6)28-42-43-30-36(57(7,8)9)31-48(52(43)61(51(42)44)54(45)58-50)59(37-19-12-10-13-20-37)38-21-14-11-15-22-38/h10-32H,1-9H3. The molecule has 0 bridgehead atoms. The molecule has 298 valence electrons. The Morgan fingerprint density at radius 3 is 1.59 bits per heavy atom. The van der Waals surface area contributed by atoms with Gasteiger partial charge in [-0.2, -0.15) is 0 Å². The normalized spacial score (nSPS) is 13.3. The molecule has 0 aliphatic heterocycles. The van der Waals surface area contributed by atoms with Crippen LogP contribution in [0.1, 0.15) is 79.0 Å². The van der Waals surface area contributed by atoms with Crippen LogP contribution in [0.2, 0.25) is 0 Å². The van der Waals surface area contributed by atoms with Gasteiger partial charge in [-0.1, -0.05) is 129 Å². The minimum absolute atomic E-state index is 0.0372. The maximum atomic E-state index is 5.95. The first kappa shape index (κ1) is 36.2. The van der Waals surface area contributed by atoms with E-state index in [4.69, 9.17) is 4.98 Å². The van der Waals surface area contributed by atoms with Crippen LogP contribution in [0.3, 0.4) is 0 Å². The van der Waals surface area contributed by atoms with Gasteiger partial charge in [0.1, 0.15) is 5.65 Å². The highest BCUT2D eigenvalue weighted by Crippen LogP contribution is 2.50. The Hall–Kier alpha value is -6.65. The number of nitrogens with zero attached hydrogens (tertiary/aromatic N) is 4. The number of anilines is 3. The Morgan fingerprint density at radius 2 is 0.951 bits per heavy atom. The van der Waals surface area contributed by atoms with Crippen molar-refractivity contribution < 1.29 is 0 Å². The first-order valence-corrected chi connectivity index (χ1v) is 21.8. The highest BCUT2D eigenvalue weighted by molar-refractivity contribution is 6.33. The average molecular weight is 791 g/mol. The summed E-state index contributed by atoms with van der Waals surface area (Å²) in [6.07, 6.45) is 0. The van der Waals surface area contributed by atoms with Gasteiger partial charge in [-0.05, 0) is 117 Å². The SMILES string of the molecule is CC(C)(C)c1ccc2c(c1)c1cc3ccccc3c3c4nc5c(cc4n2c13)c1cc(C(C)(C)C)cc2c3cc(C(C)(C)C)cc(N(c4ccccc4)c4ccccc4)c3n5c12. The van der Waals surface area contributed by atoms with Crippen molar-refractivity contribution in [3.05, 3.63) is 156 Å². The van der Waals surface area contributed by atoms with Crippen LogP contribution in [0.25, 0.3) is 87.2 Å². The number of aromatic nitrogens is 3. The van der Waals surface area contributed by atoms with Crippen LogP contribution in [0.15, 0.2) is 140 Å². The second-order valence-electron chi connectivity index (χ2n) is 20.6. The van der Waals surface area contributed by atoms with Gasteiger partial charge in [0, 0.05) is 49.1 Å². The zero-order valence-corrected chi connectivity index (χ0v) is 36.6. The molecule has 4 heteroatoms. The largest absolute Gasteiger partial charge is 0.308 e. The molecule has 0 saturated heterocycles. The van der Waals surface area contributed by atoms with Gasteiger partial charge in [0.15, 0.2) is 0 Å². The van der Waals surface area contributed by atoms with Crippen LogP contribution in [0.5, 0.6) is 0 Å². The summed E-state index contributed by atoms with van der Waals surface area (Å²) in [4.78, 5) is 8.41. The summed E-state index contributed by atoms with van der Waals surface area (Å²) in [6.45, 7) is 20.9. The van der Waals surface area contributed by atoms with E-state index in [2.05, 4.69) is 216 Å². The molecule has 0 fully saturated rings. The Labute approximate surface area is 356 Å². The van der Waals surface area contributed by atoms with Gasteiger partial charge in [0.2, 0.25) is 0 Å². The van der Waals surface area contributed by atoms with E-state index in [1.807, 2.05) is 0 Å². The summed E-state index contributed by atoms with van der Waals surface area (Å²) in [6, 6.07) is 52.4. The van der Waals surface area contributed by atoms with Crippen molar-refractivity contribution in [3.8, 4) is 0 Å². The lowest BCUT2D eigenvalue weighted by Gasteiger charge is -2.29. The Balaban J connectivity index is 1.32. The van der Waals surface area contributed by atoms with Crippen molar-refractivity contribution >= 4 is 104 Å². The Bertz CT molecular complexity index is 3690. The van der Waals surface area contributed by atoms with E-state index in [9.17, 15) is 0 Å². The molecule has 5 heterocycles. The molecular formula is C57H50N4. The van der Waals surface area contributed by atoms with Crippen LogP contribution >= 0.6 is 0 Å². The molecule has 4 nitrogen and oxygen atoms in total. The first-order chi connectivity index (χ1) is 29.2. The van der Waals surface area contributed by atoms with Crippen molar-refractivity contribution in [2.75, 3.05) is 4.90 Å². The second-order valence-corrected chi connectivity index (χ2v) is 20.6. The van der Waals surface area contributed by atoms with Gasteiger partial charge in [0.05, 0.1) is 38.8 Å². The molecule has 7 aromatic carbocycles. The maximum Gasteiger partial charge on any atom is 0.146 e. The van der Waals surface area contributed by atoms with E-state index in [1.54, 1.807) is 0 Å². The predicted octanol–water partition coefficient (Wildman–Crippen LogP) is 15.9. The van der Waals surface area contributed by atoms with E-state index in [-0.39, 0.29) is 16.2 Å². The highest BCUT2D eigenvalue weighted by atomic mass is 15.2. The third-order valence-electron chi connectivity index (χ3n) is 13.5. The van der Waals surface area contributed by atoms with E-state index < -0.39 is 0 Å². The molecule has 0 unspecified atom stereocenters. The van der Waals surface area contributed by atoms with E-state index >= 15 is 0 Å². The Morgan fingerprint density at radius 1 is 0.410 bits per heavy atom. The zero-order valence-electron chi connectivity index (χ0n) is 36.6. The summed E-state index contributed by atoms with van der Waals surface area (Å²) in [5.41, 5.74) is 15.3. The van der Waals surface area contributed by atoms with Gasteiger partial charge in [-0.15, -0.1) is 0 Å². The topological polar surface area (TPSA) is 24.9 Å². The lowest BCUT2D eigenvalue weighted by Crippen LogP contribution is -2.15. The summed E-state index contributed by atoms with van der Waals surface area (Å²) in [7, 11) is 0. The number of rotatable bonds is 3. The van der Waals surface area contributed by atoms with Gasteiger partial charge >= 0.3 is 0 Å². The number of pyridine rings is 1. The monoisotopic (exact) mass is 790 g/mol. The molecule has 12 aromatic rings. The number of hydrogen-bond donors (Lipinski definition) is 0. The minimum atomic E-state index is -0.0917. The predicted molar refractivity (Wildman–Crippen MR) is 262 cm³/mol. The summed E-state index contributed by atoms with van der Waals surface area (Å²) < 4.78 is 5.04. The average Bonchev–Trinajstić information content (AvgIpc) is 3.95. The quantitative estimate of drug-likeness (QED) is 0.178. The molecule has 0 aliphatic rings. The fourth-order valence-electron chi connectivity index (χ4n) is 10.3. The molecule has 0 spiro atoms. The number of hydrogen-bond acceptors (Lipinski definition) is 2. The smallest absolute Gasteiger partial charge is 0.146 e. The zero-order chi connectivity index (χ0) is 41.9. The Kier molecular flexibility index (Phi) is 7.13. The molecular weight excluding hydrogens is 741 g/mol. The van der Waals surface area contributed by atoms with Gasteiger partial charge in [-0.25, -0.2) is 4.98 Å². The molecule has 61 heavy (non-hydrogen) atoms. The van der Waals surface area contributed by atoms with Gasteiger partial charge in [-0.3, -0.25) is 4.40 Å². The third-order valence-corrected chi connectivity index (χ3v) is 13.5. The lowest BCUT2D eigenvalue weighted by atomic mass is 9.84. The van der Waals surface area contributed by atoms with Crippen LogP contribution < -0.4 is 4.90 Å². The molecule has 0 amide bonds. The van der Waals surface area contributed by atoms with Gasteiger partial charge < -0.3 is 9.30 Å². The van der Waals surface area contributed by atoms with E-state index in [0.29, 0.717) is 0 Å². The molecule has 0 saturated carbocycles. The van der Waals surface area contributed by atoms with Crippen molar-refractivity contribution in [1.29, 1.82) is 0 Å². The molecule has 0 N–H and O–H groups in total. The minimum Gasteiger partial charge on any atom is -0.308 e. The number of para-hydroxylation sites is 2. The molecule has 0 atom stereocenters.